The number of allylic oxidation sites excluding steroid dienone is 1. The first kappa shape index (κ1) is 14.3. The van der Waals surface area contributed by atoms with Crippen molar-refractivity contribution < 1.29 is 14.1 Å². The largest absolute Gasteiger partial charge is 0.497 e. The van der Waals surface area contributed by atoms with Crippen LogP contribution in [0.25, 0.3) is 11.6 Å². The van der Waals surface area contributed by atoms with Crippen molar-refractivity contribution in [1.29, 1.82) is 0 Å². The number of hydrogen-bond donors (Lipinski definition) is 0. The van der Waals surface area contributed by atoms with Crippen molar-refractivity contribution >= 4 is 17.3 Å². The quantitative estimate of drug-likeness (QED) is 0.629. The molecule has 2 aromatic rings. The molecule has 0 radical (unpaired) electrons. The maximum Gasteiger partial charge on any atom is 0.279 e. The highest BCUT2D eigenvalue weighted by atomic mass is 19.1. The first-order valence-corrected chi connectivity index (χ1v) is 6.90. The van der Waals surface area contributed by atoms with Gasteiger partial charge < -0.3 is 4.74 Å². The normalized spacial score (nSPS) is 13.3. The van der Waals surface area contributed by atoms with E-state index in [1.807, 2.05) is 24.3 Å². The summed E-state index contributed by atoms with van der Waals surface area (Å²) in [7, 11) is 1.62. The fraction of sp³-hybridized carbons (Fsp3) is 0.176. The third kappa shape index (κ3) is 2.57. The van der Waals surface area contributed by atoms with E-state index in [9.17, 15) is 14.5 Å². The van der Waals surface area contributed by atoms with Gasteiger partial charge in [0.25, 0.3) is 5.69 Å². The van der Waals surface area contributed by atoms with Gasteiger partial charge >= 0.3 is 0 Å². The number of nitro benzene ring substituents is 1. The highest BCUT2D eigenvalue weighted by Crippen LogP contribution is 2.36. The number of hydrogen-bond acceptors (Lipinski definition) is 3. The molecule has 0 bridgehead atoms. The Morgan fingerprint density at radius 1 is 1.18 bits per heavy atom. The second-order valence-corrected chi connectivity index (χ2v) is 5.15. The van der Waals surface area contributed by atoms with E-state index < -0.39 is 10.7 Å². The van der Waals surface area contributed by atoms with Crippen LogP contribution in [-0.2, 0) is 6.42 Å². The molecular formula is C17H14FNO3. The van der Waals surface area contributed by atoms with Crippen LogP contribution >= 0.6 is 0 Å². The highest BCUT2D eigenvalue weighted by molar-refractivity contribution is 5.87. The second kappa shape index (κ2) is 5.60. The molecular weight excluding hydrogens is 285 g/mol. The van der Waals surface area contributed by atoms with E-state index in [0.29, 0.717) is 12.0 Å². The molecule has 2 aromatic carbocycles. The van der Waals surface area contributed by atoms with Gasteiger partial charge in [-0.25, -0.2) is 4.39 Å². The van der Waals surface area contributed by atoms with E-state index in [2.05, 4.69) is 0 Å². The fourth-order valence-electron chi connectivity index (χ4n) is 2.74. The highest BCUT2D eigenvalue weighted by Gasteiger charge is 2.21. The lowest BCUT2D eigenvalue weighted by Gasteiger charge is -2.17. The molecule has 0 saturated heterocycles. The number of aryl methyl sites for hydroxylation is 1. The zero-order valence-corrected chi connectivity index (χ0v) is 12.0. The van der Waals surface area contributed by atoms with Crippen LogP contribution in [-0.4, -0.2) is 12.0 Å². The van der Waals surface area contributed by atoms with Crippen molar-refractivity contribution in [2.45, 2.75) is 12.8 Å². The van der Waals surface area contributed by atoms with Gasteiger partial charge in [0.15, 0.2) is 0 Å². The molecule has 4 nitrogen and oxygen atoms in total. The number of benzene rings is 2. The number of fused-ring (bicyclic) bond motifs is 1. The molecule has 0 heterocycles. The van der Waals surface area contributed by atoms with Gasteiger partial charge in [-0.1, -0.05) is 12.1 Å². The van der Waals surface area contributed by atoms with E-state index >= 15 is 0 Å². The van der Waals surface area contributed by atoms with E-state index in [0.717, 1.165) is 34.9 Å². The summed E-state index contributed by atoms with van der Waals surface area (Å²) in [6.07, 6.45) is 3.37. The molecule has 0 spiro atoms. The van der Waals surface area contributed by atoms with Crippen LogP contribution in [0.1, 0.15) is 23.1 Å². The Labute approximate surface area is 127 Å². The molecule has 1 aliphatic carbocycles. The maximum atomic E-state index is 13.3. The van der Waals surface area contributed by atoms with E-state index in [1.165, 1.54) is 12.1 Å². The van der Waals surface area contributed by atoms with Crippen molar-refractivity contribution in [3.63, 3.8) is 0 Å². The zero-order valence-electron chi connectivity index (χ0n) is 12.0. The minimum atomic E-state index is -0.600. The molecule has 0 N–H and O–H groups in total. The monoisotopic (exact) mass is 299 g/mol. The van der Waals surface area contributed by atoms with Gasteiger partial charge in [-0.3, -0.25) is 10.1 Å². The summed E-state index contributed by atoms with van der Waals surface area (Å²) in [5.74, 6) is 0.195. The van der Waals surface area contributed by atoms with Gasteiger partial charge in [0.1, 0.15) is 11.6 Å². The maximum absolute atomic E-state index is 13.3. The Kier molecular flexibility index (Phi) is 3.63. The zero-order chi connectivity index (χ0) is 15.7. The van der Waals surface area contributed by atoms with E-state index in [-0.39, 0.29) is 5.69 Å². The summed E-state index contributed by atoms with van der Waals surface area (Å²) in [6.45, 7) is 0. The third-order valence-corrected chi connectivity index (χ3v) is 3.85. The van der Waals surface area contributed by atoms with Crippen LogP contribution in [0.4, 0.5) is 10.1 Å². The molecule has 0 unspecified atom stereocenters. The third-order valence-electron chi connectivity index (χ3n) is 3.85. The predicted octanol–water partition coefficient (Wildman–Crippen LogP) is 4.23. The van der Waals surface area contributed by atoms with Gasteiger partial charge in [0.2, 0.25) is 0 Å². The smallest absolute Gasteiger partial charge is 0.279 e. The fourth-order valence-corrected chi connectivity index (χ4v) is 2.74. The number of nitro groups is 1. The van der Waals surface area contributed by atoms with Crippen molar-refractivity contribution in [1.82, 2.24) is 0 Å². The van der Waals surface area contributed by atoms with E-state index in [4.69, 9.17) is 4.74 Å². The van der Waals surface area contributed by atoms with Gasteiger partial charge in [-0.2, -0.15) is 0 Å². The van der Waals surface area contributed by atoms with Crippen LogP contribution in [0.2, 0.25) is 0 Å². The average molecular weight is 299 g/mol. The van der Waals surface area contributed by atoms with Gasteiger partial charge in [-0.05, 0) is 53.8 Å². The van der Waals surface area contributed by atoms with Crippen LogP contribution in [0.5, 0.6) is 5.75 Å². The molecule has 0 saturated carbocycles. The molecule has 5 heteroatoms. The SMILES string of the molecule is COc1ccc2c(c1)CCC(c1ccc(F)cc1[N+](=O)[O-])=C2. The predicted molar refractivity (Wildman–Crippen MR) is 82.2 cm³/mol. The molecule has 0 fully saturated rings. The first-order valence-electron chi connectivity index (χ1n) is 6.90. The summed E-state index contributed by atoms with van der Waals surface area (Å²) in [5, 5.41) is 11.1. The molecule has 3 rings (SSSR count). The number of rotatable bonds is 3. The minimum absolute atomic E-state index is 0.191. The van der Waals surface area contributed by atoms with Gasteiger partial charge in [0.05, 0.1) is 23.7 Å². The molecule has 0 atom stereocenters. The topological polar surface area (TPSA) is 52.4 Å². The standard InChI is InChI=1S/C17H14FNO3/c1-22-15-6-4-11-8-13(3-2-12(11)9-15)16-7-5-14(18)10-17(16)19(20)21/h4-10H,2-3H2,1H3. The molecule has 0 amide bonds. The summed E-state index contributed by atoms with van der Waals surface area (Å²) < 4.78 is 18.5. The molecule has 1 aliphatic rings. The minimum Gasteiger partial charge on any atom is -0.497 e. The van der Waals surface area contributed by atoms with Crippen LogP contribution in [0, 0.1) is 15.9 Å². The summed E-state index contributed by atoms with van der Waals surface area (Å²) >= 11 is 0. The molecule has 112 valence electrons. The molecule has 0 aromatic heterocycles. The van der Waals surface area contributed by atoms with Crippen LogP contribution in [0.3, 0.4) is 0 Å². The first-order chi connectivity index (χ1) is 10.6. The lowest BCUT2D eigenvalue weighted by Crippen LogP contribution is -2.02. The summed E-state index contributed by atoms with van der Waals surface area (Å²) in [5.41, 5.74) is 3.30. The second-order valence-electron chi connectivity index (χ2n) is 5.15. The van der Waals surface area contributed by atoms with Crippen molar-refractivity contribution in [3.05, 3.63) is 69.0 Å². The number of nitrogens with zero attached hydrogens (tertiary/aromatic N) is 1. The Bertz CT molecular complexity index is 783. The van der Waals surface area contributed by atoms with E-state index in [1.54, 1.807) is 7.11 Å². The van der Waals surface area contributed by atoms with Crippen molar-refractivity contribution in [2.24, 2.45) is 0 Å². The number of halogens is 1. The Hall–Kier alpha value is -2.69. The average Bonchev–Trinajstić information content (AvgIpc) is 2.53. The molecule has 22 heavy (non-hydrogen) atoms. The van der Waals surface area contributed by atoms with Gasteiger partial charge in [-0.15, -0.1) is 0 Å². The number of ether oxygens (including phenoxy) is 1. The Morgan fingerprint density at radius 2 is 2.00 bits per heavy atom. The Morgan fingerprint density at radius 3 is 2.73 bits per heavy atom. The Balaban J connectivity index is 2.06. The summed E-state index contributed by atoms with van der Waals surface area (Å²) in [4.78, 5) is 10.6. The van der Waals surface area contributed by atoms with Gasteiger partial charge in [0, 0.05) is 0 Å². The number of methoxy groups -OCH3 is 1. The van der Waals surface area contributed by atoms with Crippen molar-refractivity contribution in [3.8, 4) is 5.75 Å². The molecule has 0 aliphatic heterocycles. The van der Waals surface area contributed by atoms with Crippen LogP contribution < -0.4 is 4.74 Å². The lowest BCUT2D eigenvalue weighted by atomic mass is 9.88. The summed E-state index contributed by atoms with van der Waals surface area (Å²) in [6, 6.07) is 9.47. The van der Waals surface area contributed by atoms with Crippen LogP contribution in [0.15, 0.2) is 36.4 Å². The van der Waals surface area contributed by atoms with Crippen molar-refractivity contribution in [2.75, 3.05) is 7.11 Å². The lowest BCUT2D eigenvalue weighted by molar-refractivity contribution is -0.385.